The van der Waals surface area contributed by atoms with Gasteiger partial charge in [-0.1, -0.05) is 115 Å². The molecule has 7 aromatic carbocycles. The summed E-state index contributed by atoms with van der Waals surface area (Å²) >= 11 is 0. The Balaban J connectivity index is 1.18. The van der Waals surface area contributed by atoms with E-state index in [2.05, 4.69) is 178 Å². The molecule has 3 heteroatoms. The van der Waals surface area contributed by atoms with Crippen molar-refractivity contribution in [3.63, 3.8) is 0 Å². The van der Waals surface area contributed by atoms with Gasteiger partial charge in [-0.3, -0.25) is 4.98 Å². The van der Waals surface area contributed by atoms with Crippen molar-refractivity contribution in [1.29, 1.82) is 0 Å². The summed E-state index contributed by atoms with van der Waals surface area (Å²) in [6, 6.07) is 60.0. The fourth-order valence-corrected chi connectivity index (χ4v) is 8.46. The number of pyridine rings is 1. The number of nitrogens with zero attached hydrogens (tertiary/aromatic N) is 3. The van der Waals surface area contributed by atoms with E-state index in [1.807, 2.05) is 12.4 Å². The van der Waals surface area contributed by atoms with Gasteiger partial charge in [-0.15, -0.1) is 0 Å². The first kappa shape index (κ1) is 27.3. The van der Waals surface area contributed by atoms with Gasteiger partial charge in [0.15, 0.2) is 0 Å². The zero-order valence-corrected chi connectivity index (χ0v) is 27.1. The third-order valence-electron chi connectivity index (χ3n) is 10.6. The maximum atomic E-state index is 4.46. The Kier molecular flexibility index (Phi) is 5.67. The average molecular weight is 636 g/mol. The molecule has 0 N–H and O–H groups in total. The number of aromatic nitrogens is 3. The van der Waals surface area contributed by atoms with Crippen LogP contribution in [0.1, 0.15) is 0 Å². The number of para-hydroxylation sites is 2. The van der Waals surface area contributed by atoms with Crippen molar-refractivity contribution in [3.8, 4) is 55.9 Å². The van der Waals surface area contributed by atoms with Crippen LogP contribution in [0, 0.1) is 0 Å². The minimum atomic E-state index is 1.14. The molecule has 11 rings (SSSR count). The van der Waals surface area contributed by atoms with E-state index in [0.717, 1.165) is 22.3 Å². The summed E-state index contributed by atoms with van der Waals surface area (Å²) in [5.74, 6) is 0. The predicted molar refractivity (Wildman–Crippen MR) is 208 cm³/mol. The van der Waals surface area contributed by atoms with Gasteiger partial charge in [0.05, 0.1) is 22.1 Å². The third kappa shape index (κ3) is 3.77. The number of benzene rings is 7. The maximum absolute atomic E-state index is 4.46. The quantitative estimate of drug-likeness (QED) is 0.185. The normalized spacial score (nSPS) is 12.0. The van der Waals surface area contributed by atoms with E-state index >= 15 is 0 Å². The summed E-state index contributed by atoms with van der Waals surface area (Å²) in [5, 5.41) is 4.84. The summed E-state index contributed by atoms with van der Waals surface area (Å²) < 4.78 is 4.81. The van der Waals surface area contributed by atoms with Gasteiger partial charge in [-0.25, -0.2) is 0 Å². The lowest BCUT2D eigenvalue weighted by atomic mass is 9.81. The average Bonchev–Trinajstić information content (AvgIpc) is 3.70. The van der Waals surface area contributed by atoms with Gasteiger partial charge >= 0.3 is 0 Å². The van der Waals surface area contributed by atoms with E-state index in [1.165, 1.54) is 77.2 Å². The van der Waals surface area contributed by atoms with Crippen LogP contribution in [0.2, 0.25) is 0 Å². The molecule has 50 heavy (non-hydrogen) atoms. The van der Waals surface area contributed by atoms with Crippen molar-refractivity contribution in [2.45, 2.75) is 0 Å². The van der Waals surface area contributed by atoms with Crippen molar-refractivity contribution in [1.82, 2.24) is 14.1 Å². The van der Waals surface area contributed by atoms with E-state index in [0.29, 0.717) is 0 Å². The Labute approximate surface area is 288 Å². The second kappa shape index (κ2) is 10.4. The van der Waals surface area contributed by atoms with Gasteiger partial charge in [0, 0.05) is 45.3 Å². The molecule has 0 unspecified atom stereocenters. The van der Waals surface area contributed by atoms with E-state index in [1.54, 1.807) is 0 Å². The molecule has 0 radical (unpaired) electrons. The molecule has 1 aliphatic rings. The molecule has 0 aliphatic heterocycles. The van der Waals surface area contributed by atoms with Crippen molar-refractivity contribution < 1.29 is 0 Å². The van der Waals surface area contributed by atoms with Crippen LogP contribution in [0.15, 0.2) is 176 Å². The molecule has 3 nitrogen and oxygen atoms in total. The van der Waals surface area contributed by atoms with Crippen LogP contribution in [0.4, 0.5) is 0 Å². The SMILES string of the molecule is c1ccc2c(c1)-c1ccccc1-c1ccc(-n3c4ccccc4c4cc(-n5c6ccccc6c6cnccc65)ccc43)cc1-c1ccccc1-2. The molecule has 0 amide bonds. The van der Waals surface area contributed by atoms with Crippen molar-refractivity contribution in [2.75, 3.05) is 0 Å². The molecule has 0 fully saturated rings. The van der Waals surface area contributed by atoms with E-state index in [9.17, 15) is 0 Å². The van der Waals surface area contributed by atoms with Crippen LogP contribution in [0.25, 0.3) is 99.5 Å². The Morgan fingerprint density at radius 2 is 0.720 bits per heavy atom. The highest BCUT2D eigenvalue weighted by Gasteiger charge is 2.23. The van der Waals surface area contributed by atoms with Crippen molar-refractivity contribution in [2.24, 2.45) is 0 Å². The van der Waals surface area contributed by atoms with Crippen molar-refractivity contribution in [3.05, 3.63) is 176 Å². The van der Waals surface area contributed by atoms with Crippen LogP contribution < -0.4 is 0 Å². The minimum Gasteiger partial charge on any atom is -0.309 e. The maximum Gasteiger partial charge on any atom is 0.0571 e. The Hall–Kier alpha value is -6.71. The van der Waals surface area contributed by atoms with Crippen LogP contribution in [0.5, 0.6) is 0 Å². The fraction of sp³-hybridized carbons (Fsp3) is 0. The zero-order valence-electron chi connectivity index (χ0n) is 27.1. The summed E-state index contributed by atoms with van der Waals surface area (Å²) in [6.45, 7) is 0. The molecule has 0 bridgehead atoms. The first-order valence-corrected chi connectivity index (χ1v) is 17.1. The molecule has 10 aromatic rings. The molecule has 3 aromatic heterocycles. The van der Waals surface area contributed by atoms with Crippen LogP contribution >= 0.6 is 0 Å². The number of hydrogen-bond acceptors (Lipinski definition) is 1. The fourth-order valence-electron chi connectivity index (χ4n) is 8.46. The summed E-state index contributed by atoms with van der Waals surface area (Å²) in [4.78, 5) is 4.46. The molecule has 0 saturated heterocycles. The molecule has 0 spiro atoms. The summed E-state index contributed by atoms with van der Waals surface area (Å²) in [7, 11) is 0. The molecule has 3 heterocycles. The lowest BCUT2D eigenvalue weighted by molar-refractivity contribution is 1.16. The molecular formula is C47H29N3. The molecule has 1 aliphatic carbocycles. The highest BCUT2D eigenvalue weighted by atomic mass is 15.0. The first-order valence-electron chi connectivity index (χ1n) is 17.1. The van der Waals surface area contributed by atoms with Gasteiger partial charge in [0.2, 0.25) is 0 Å². The van der Waals surface area contributed by atoms with E-state index in [-0.39, 0.29) is 0 Å². The second-order valence-electron chi connectivity index (χ2n) is 13.2. The van der Waals surface area contributed by atoms with Gasteiger partial charge in [0.1, 0.15) is 0 Å². The minimum absolute atomic E-state index is 1.14. The van der Waals surface area contributed by atoms with Gasteiger partial charge in [0.25, 0.3) is 0 Å². The van der Waals surface area contributed by atoms with E-state index < -0.39 is 0 Å². The lowest BCUT2D eigenvalue weighted by Gasteiger charge is -2.24. The van der Waals surface area contributed by atoms with Gasteiger partial charge < -0.3 is 9.13 Å². The standard InChI is InChI=1S/C47H29N3/c1-2-12-33-32(11-1)34-13-3-4-15-36(34)38-23-21-30(27-41(38)37-16-6-5-14-35(33)37)49-44-19-9-7-17-39(44)42-28-31(22-24-46(42)49)50-45-20-10-8-18-40(45)43-29-48-26-25-47(43)50/h1-29H. The molecular weight excluding hydrogens is 607 g/mol. The number of hydrogen-bond donors (Lipinski definition) is 0. The van der Waals surface area contributed by atoms with Crippen LogP contribution in [-0.2, 0) is 0 Å². The lowest BCUT2D eigenvalue weighted by Crippen LogP contribution is -2.00. The largest absolute Gasteiger partial charge is 0.309 e. The summed E-state index contributed by atoms with van der Waals surface area (Å²) in [5.41, 5.74) is 17.0. The predicted octanol–water partition coefficient (Wildman–Crippen LogP) is 12.3. The van der Waals surface area contributed by atoms with E-state index in [4.69, 9.17) is 0 Å². The molecule has 0 saturated carbocycles. The second-order valence-corrected chi connectivity index (χ2v) is 13.2. The topological polar surface area (TPSA) is 22.8 Å². The van der Waals surface area contributed by atoms with Gasteiger partial charge in [-0.05, 0) is 93.0 Å². The zero-order chi connectivity index (χ0) is 32.8. The van der Waals surface area contributed by atoms with Gasteiger partial charge in [-0.2, -0.15) is 0 Å². The highest BCUT2D eigenvalue weighted by Crippen LogP contribution is 2.48. The molecule has 232 valence electrons. The Morgan fingerprint density at radius 3 is 1.32 bits per heavy atom. The smallest absolute Gasteiger partial charge is 0.0571 e. The van der Waals surface area contributed by atoms with Crippen LogP contribution in [0.3, 0.4) is 0 Å². The monoisotopic (exact) mass is 635 g/mol. The number of fused-ring (bicyclic) bond motifs is 14. The Bertz CT molecular complexity index is 2940. The van der Waals surface area contributed by atoms with Crippen LogP contribution in [-0.4, -0.2) is 14.1 Å². The summed E-state index contributed by atoms with van der Waals surface area (Å²) in [6.07, 6.45) is 3.87. The Morgan fingerprint density at radius 1 is 0.300 bits per heavy atom. The number of rotatable bonds is 2. The first-order chi connectivity index (χ1) is 24.8. The highest BCUT2D eigenvalue weighted by molar-refractivity contribution is 6.12. The van der Waals surface area contributed by atoms with Crippen molar-refractivity contribution >= 4 is 43.6 Å². The molecule has 0 atom stereocenters. The third-order valence-corrected chi connectivity index (χ3v) is 10.6.